The SMILES string of the molecule is C#CCCc1cc(NC(=O)OC(C)(C)C)ccc1O. The normalized spacial score (nSPS) is 10.6. The maximum Gasteiger partial charge on any atom is 0.412 e. The summed E-state index contributed by atoms with van der Waals surface area (Å²) in [5.41, 5.74) is 0.721. The molecule has 0 spiro atoms. The van der Waals surface area contributed by atoms with Crippen LogP contribution in [-0.2, 0) is 11.2 Å². The van der Waals surface area contributed by atoms with Crippen LogP contribution < -0.4 is 5.32 Å². The summed E-state index contributed by atoms with van der Waals surface area (Å²) in [6.07, 6.45) is 5.76. The van der Waals surface area contributed by atoms with Crippen molar-refractivity contribution < 1.29 is 14.6 Å². The molecule has 0 aliphatic carbocycles. The Kier molecular flexibility index (Phi) is 4.82. The van der Waals surface area contributed by atoms with E-state index in [-0.39, 0.29) is 5.75 Å². The fourth-order valence-corrected chi connectivity index (χ4v) is 1.49. The number of terminal acetylenes is 1. The van der Waals surface area contributed by atoms with Gasteiger partial charge in [0.15, 0.2) is 0 Å². The number of carbonyl (C=O) groups excluding carboxylic acids is 1. The first kappa shape index (κ1) is 14.9. The summed E-state index contributed by atoms with van der Waals surface area (Å²) in [5, 5.41) is 12.3. The number of aromatic hydroxyl groups is 1. The molecule has 0 aliphatic rings. The van der Waals surface area contributed by atoms with Gasteiger partial charge in [-0.05, 0) is 51.0 Å². The first-order valence-corrected chi connectivity index (χ1v) is 6.07. The summed E-state index contributed by atoms with van der Waals surface area (Å²) < 4.78 is 5.15. The van der Waals surface area contributed by atoms with Gasteiger partial charge in [0, 0.05) is 12.1 Å². The first-order valence-electron chi connectivity index (χ1n) is 6.07. The third-order valence-electron chi connectivity index (χ3n) is 2.26. The Morgan fingerprint density at radius 1 is 1.47 bits per heavy atom. The summed E-state index contributed by atoms with van der Waals surface area (Å²) in [7, 11) is 0. The van der Waals surface area contributed by atoms with E-state index in [1.165, 1.54) is 6.07 Å². The van der Waals surface area contributed by atoms with Gasteiger partial charge in [-0.3, -0.25) is 5.32 Å². The van der Waals surface area contributed by atoms with E-state index in [9.17, 15) is 9.90 Å². The lowest BCUT2D eigenvalue weighted by molar-refractivity contribution is 0.0636. The highest BCUT2D eigenvalue weighted by Gasteiger charge is 2.16. The van der Waals surface area contributed by atoms with Gasteiger partial charge in [-0.1, -0.05) is 0 Å². The van der Waals surface area contributed by atoms with Crippen LogP contribution in [-0.4, -0.2) is 16.8 Å². The maximum absolute atomic E-state index is 11.6. The molecule has 0 bridgehead atoms. The quantitative estimate of drug-likeness (QED) is 0.648. The van der Waals surface area contributed by atoms with Gasteiger partial charge in [0.2, 0.25) is 0 Å². The van der Waals surface area contributed by atoms with Gasteiger partial charge in [-0.15, -0.1) is 12.3 Å². The Balaban J connectivity index is 2.74. The minimum absolute atomic E-state index is 0.171. The molecule has 0 aromatic heterocycles. The molecule has 1 aromatic carbocycles. The lowest BCUT2D eigenvalue weighted by Crippen LogP contribution is -2.27. The fourth-order valence-electron chi connectivity index (χ4n) is 1.49. The van der Waals surface area contributed by atoms with Crippen LogP contribution in [0.25, 0.3) is 0 Å². The van der Waals surface area contributed by atoms with Gasteiger partial charge >= 0.3 is 6.09 Å². The summed E-state index contributed by atoms with van der Waals surface area (Å²) in [6.45, 7) is 5.38. The Bertz CT molecular complexity index is 495. The molecule has 1 rings (SSSR count). The standard InChI is InChI=1S/C15H19NO3/c1-5-6-7-11-10-12(8-9-13(11)17)16-14(18)19-15(2,3)4/h1,8-10,17H,6-7H2,2-4H3,(H,16,18). The number of hydrogen-bond donors (Lipinski definition) is 2. The van der Waals surface area contributed by atoms with Gasteiger partial charge in [-0.25, -0.2) is 4.79 Å². The molecule has 4 nitrogen and oxygen atoms in total. The molecule has 1 aromatic rings. The third-order valence-corrected chi connectivity index (χ3v) is 2.26. The highest BCUT2D eigenvalue weighted by molar-refractivity contribution is 5.85. The van der Waals surface area contributed by atoms with Crippen LogP contribution in [0.1, 0.15) is 32.8 Å². The van der Waals surface area contributed by atoms with E-state index in [1.807, 2.05) is 0 Å². The molecule has 0 unspecified atom stereocenters. The van der Waals surface area contributed by atoms with Crippen molar-refractivity contribution in [2.75, 3.05) is 5.32 Å². The third kappa shape index (κ3) is 5.35. The highest BCUT2D eigenvalue weighted by atomic mass is 16.6. The Hall–Kier alpha value is -2.15. The molecule has 102 valence electrons. The van der Waals surface area contributed by atoms with E-state index in [1.54, 1.807) is 32.9 Å². The molecule has 0 atom stereocenters. The number of hydrogen-bond acceptors (Lipinski definition) is 3. The van der Waals surface area contributed by atoms with E-state index in [0.717, 1.165) is 0 Å². The molecule has 0 saturated carbocycles. The van der Waals surface area contributed by atoms with Crippen LogP contribution in [0.3, 0.4) is 0 Å². The largest absolute Gasteiger partial charge is 0.508 e. The van der Waals surface area contributed by atoms with Gasteiger partial charge in [0.1, 0.15) is 11.4 Å². The van der Waals surface area contributed by atoms with Crippen molar-refractivity contribution in [1.82, 2.24) is 0 Å². The van der Waals surface area contributed by atoms with Crippen LogP contribution in [0.4, 0.5) is 10.5 Å². The number of anilines is 1. The number of amides is 1. The lowest BCUT2D eigenvalue weighted by atomic mass is 10.1. The molecule has 1 amide bonds. The number of aryl methyl sites for hydroxylation is 1. The van der Waals surface area contributed by atoms with Crippen molar-refractivity contribution in [3.8, 4) is 18.1 Å². The van der Waals surface area contributed by atoms with E-state index < -0.39 is 11.7 Å². The van der Waals surface area contributed by atoms with Crippen LogP contribution in [0, 0.1) is 12.3 Å². The Morgan fingerprint density at radius 3 is 2.74 bits per heavy atom. The molecular weight excluding hydrogens is 242 g/mol. The van der Waals surface area contributed by atoms with E-state index in [4.69, 9.17) is 11.2 Å². The van der Waals surface area contributed by atoms with Gasteiger partial charge in [0.25, 0.3) is 0 Å². The predicted molar refractivity (Wildman–Crippen MR) is 75.1 cm³/mol. The number of phenols is 1. The molecule has 0 aliphatic heterocycles. The van der Waals surface area contributed by atoms with Crippen molar-refractivity contribution in [1.29, 1.82) is 0 Å². The second-order valence-corrected chi connectivity index (χ2v) is 5.17. The van der Waals surface area contributed by atoms with Crippen LogP contribution in [0.2, 0.25) is 0 Å². The first-order chi connectivity index (χ1) is 8.81. The lowest BCUT2D eigenvalue weighted by Gasteiger charge is -2.19. The molecule has 0 fully saturated rings. The Morgan fingerprint density at radius 2 is 2.16 bits per heavy atom. The van der Waals surface area contributed by atoms with E-state index >= 15 is 0 Å². The van der Waals surface area contributed by atoms with Crippen molar-refractivity contribution in [3.05, 3.63) is 23.8 Å². The molecule has 0 heterocycles. The van der Waals surface area contributed by atoms with Crippen LogP contribution >= 0.6 is 0 Å². The summed E-state index contributed by atoms with van der Waals surface area (Å²) >= 11 is 0. The Labute approximate surface area is 113 Å². The zero-order valence-corrected chi connectivity index (χ0v) is 11.5. The second-order valence-electron chi connectivity index (χ2n) is 5.17. The monoisotopic (exact) mass is 261 g/mol. The molecule has 0 radical (unpaired) electrons. The van der Waals surface area contributed by atoms with Crippen molar-refractivity contribution >= 4 is 11.8 Å². The zero-order valence-electron chi connectivity index (χ0n) is 11.5. The zero-order chi connectivity index (χ0) is 14.5. The second kappa shape index (κ2) is 6.14. The van der Waals surface area contributed by atoms with Gasteiger partial charge < -0.3 is 9.84 Å². The number of benzene rings is 1. The number of carbonyl (C=O) groups is 1. The summed E-state index contributed by atoms with van der Waals surface area (Å²) in [5.74, 6) is 2.68. The van der Waals surface area contributed by atoms with E-state index in [2.05, 4.69) is 11.2 Å². The average Bonchev–Trinajstić information content (AvgIpc) is 2.27. The molecule has 4 heteroatoms. The summed E-state index contributed by atoms with van der Waals surface area (Å²) in [4.78, 5) is 11.6. The number of nitrogens with one attached hydrogen (secondary N) is 1. The average molecular weight is 261 g/mol. The van der Waals surface area contributed by atoms with Crippen molar-refractivity contribution in [2.24, 2.45) is 0 Å². The highest BCUT2D eigenvalue weighted by Crippen LogP contribution is 2.23. The molecule has 0 saturated heterocycles. The topological polar surface area (TPSA) is 58.6 Å². The van der Waals surface area contributed by atoms with Crippen LogP contribution in [0.15, 0.2) is 18.2 Å². The molecule has 2 N–H and O–H groups in total. The van der Waals surface area contributed by atoms with Crippen LogP contribution in [0.5, 0.6) is 5.75 Å². The maximum atomic E-state index is 11.6. The van der Waals surface area contributed by atoms with E-state index in [0.29, 0.717) is 24.1 Å². The molecule has 19 heavy (non-hydrogen) atoms. The summed E-state index contributed by atoms with van der Waals surface area (Å²) in [6, 6.07) is 4.83. The predicted octanol–water partition coefficient (Wildman–Crippen LogP) is 3.31. The van der Waals surface area contributed by atoms with Gasteiger partial charge in [0.05, 0.1) is 0 Å². The minimum atomic E-state index is -0.548. The number of rotatable bonds is 3. The van der Waals surface area contributed by atoms with Gasteiger partial charge in [-0.2, -0.15) is 0 Å². The molecular formula is C15H19NO3. The smallest absolute Gasteiger partial charge is 0.412 e. The fraction of sp³-hybridized carbons (Fsp3) is 0.400. The van der Waals surface area contributed by atoms with Crippen molar-refractivity contribution in [3.63, 3.8) is 0 Å². The minimum Gasteiger partial charge on any atom is -0.508 e. The number of phenolic OH excluding ortho intramolecular Hbond substituents is 1. The van der Waals surface area contributed by atoms with Crippen molar-refractivity contribution in [2.45, 2.75) is 39.2 Å². The number of ether oxygens (including phenoxy) is 1.